The van der Waals surface area contributed by atoms with Crippen LogP contribution in [-0.2, 0) is 14.3 Å². The molecule has 1 amide bonds. The summed E-state index contributed by atoms with van der Waals surface area (Å²) < 4.78 is 16.4. The van der Waals surface area contributed by atoms with Gasteiger partial charge in [-0.3, -0.25) is 14.5 Å². The van der Waals surface area contributed by atoms with Gasteiger partial charge in [0, 0.05) is 5.56 Å². The van der Waals surface area contributed by atoms with Gasteiger partial charge in [0.25, 0.3) is 5.78 Å². The normalized spacial score (nSPS) is 16.3. The highest BCUT2D eigenvalue weighted by Crippen LogP contribution is 2.44. The molecule has 4 rings (SSSR count). The fourth-order valence-corrected chi connectivity index (χ4v) is 5.30. The van der Waals surface area contributed by atoms with Crippen molar-refractivity contribution in [2.24, 2.45) is 5.92 Å². The minimum Gasteiger partial charge on any atom is -0.507 e. The Morgan fingerprint density at radius 1 is 1.07 bits per heavy atom. The molecule has 1 N–H and O–H groups in total. The summed E-state index contributed by atoms with van der Waals surface area (Å²) in [7, 11) is 1.54. The third-order valence-corrected chi connectivity index (χ3v) is 7.63. The molecular weight excluding hydrogens is 544 g/mol. The predicted octanol–water partition coefficient (Wildman–Crippen LogP) is 6.08. The number of unbranched alkanes of at least 4 members (excludes halogenated alkanes) is 1. The lowest BCUT2D eigenvalue weighted by Crippen LogP contribution is -2.29. The van der Waals surface area contributed by atoms with Gasteiger partial charge < -0.3 is 19.3 Å². The number of nitrogens with zero attached hydrogens (tertiary/aromatic N) is 2. The van der Waals surface area contributed by atoms with Crippen molar-refractivity contribution in [3.63, 3.8) is 0 Å². The van der Waals surface area contributed by atoms with Gasteiger partial charge in [-0.15, -0.1) is 0 Å². The molecular formula is C31H34N2O7S. The molecule has 2 heterocycles. The first kappa shape index (κ1) is 29.8. The number of aliphatic hydroxyl groups excluding tert-OH is 1. The lowest BCUT2D eigenvalue weighted by molar-refractivity contribution is -0.132. The number of aromatic nitrogens is 1. The summed E-state index contributed by atoms with van der Waals surface area (Å²) in [6.45, 7) is 8.40. The minimum absolute atomic E-state index is 0.0865. The Balaban J connectivity index is 1.78. The van der Waals surface area contributed by atoms with Crippen molar-refractivity contribution < 1.29 is 33.7 Å². The molecule has 0 saturated carbocycles. The van der Waals surface area contributed by atoms with E-state index in [-0.39, 0.29) is 33.9 Å². The topological polar surface area (TPSA) is 115 Å². The summed E-state index contributed by atoms with van der Waals surface area (Å²) in [6, 6.07) is 12.6. The predicted molar refractivity (Wildman–Crippen MR) is 157 cm³/mol. The molecule has 3 aromatic rings. The number of benzene rings is 2. The van der Waals surface area contributed by atoms with Crippen molar-refractivity contribution in [1.29, 1.82) is 0 Å². The number of rotatable bonds is 11. The highest BCUT2D eigenvalue weighted by molar-refractivity contribution is 7.17. The molecule has 1 unspecified atom stereocenters. The molecule has 1 saturated heterocycles. The van der Waals surface area contributed by atoms with Crippen LogP contribution >= 0.6 is 11.3 Å². The van der Waals surface area contributed by atoms with Crippen LogP contribution in [0.4, 0.5) is 5.13 Å². The quantitative estimate of drug-likeness (QED) is 0.0957. The van der Waals surface area contributed by atoms with Gasteiger partial charge in [0.1, 0.15) is 22.1 Å². The van der Waals surface area contributed by atoms with E-state index in [1.807, 2.05) is 13.8 Å². The summed E-state index contributed by atoms with van der Waals surface area (Å²) in [5.41, 5.74) is 1.21. The van der Waals surface area contributed by atoms with Crippen molar-refractivity contribution in [2.75, 3.05) is 25.2 Å². The first-order valence-electron chi connectivity index (χ1n) is 13.5. The molecule has 41 heavy (non-hydrogen) atoms. The lowest BCUT2D eigenvalue weighted by Gasteiger charge is -2.23. The van der Waals surface area contributed by atoms with Crippen LogP contribution < -0.4 is 14.4 Å². The van der Waals surface area contributed by atoms with Gasteiger partial charge in [-0.2, -0.15) is 0 Å². The third kappa shape index (κ3) is 6.43. The van der Waals surface area contributed by atoms with Gasteiger partial charge >= 0.3 is 11.9 Å². The Kier molecular flexibility index (Phi) is 9.44. The Hall–Kier alpha value is -4.18. The summed E-state index contributed by atoms with van der Waals surface area (Å²) in [5, 5.41) is 11.6. The maximum atomic E-state index is 13.5. The van der Waals surface area contributed by atoms with E-state index in [0.717, 1.165) is 24.2 Å². The minimum atomic E-state index is -0.994. The van der Waals surface area contributed by atoms with Gasteiger partial charge in [-0.25, -0.2) is 9.78 Å². The zero-order chi connectivity index (χ0) is 29.7. The number of hydrogen-bond acceptors (Lipinski definition) is 9. The van der Waals surface area contributed by atoms with Crippen LogP contribution in [0.25, 0.3) is 5.76 Å². The van der Waals surface area contributed by atoms with Crippen molar-refractivity contribution in [3.05, 3.63) is 75.8 Å². The fraction of sp³-hybridized carbons (Fsp3) is 0.355. The zero-order valence-electron chi connectivity index (χ0n) is 23.8. The number of Topliss-reactive ketones (excluding diaryl/α,β-unsaturated/α-hetero) is 1. The average Bonchev–Trinajstić information content (AvgIpc) is 3.48. The van der Waals surface area contributed by atoms with Gasteiger partial charge in [-0.1, -0.05) is 50.7 Å². The number of ether oxygens (including phenoxy) is 3. The number of amides is 1. The Morgan fingerprint density at radius 3 is 2.34 bits per heavy atom. The number of carbonyl (C=O) groups excluding carboxylic acids is 3. The maximum absolute atomic E-state index is 13.5. The Bertz CT molecular complexity index is 1440. The summed E-state index contributed by atoms with van der Waals surface area (Å²) in [6.07, 6.45) is 1.92. The van der Waals surface area contributed by atoms with Crippen LogP contribution in [0.15, 0.2) is 54.1 Å². The number of hydrogen-bond donors (Lipinski definition) is 1. The smallest absolute Gasteiger partial charge is 0.350 e. The van der Waals surface area contributed by atoms with E-state index in [2.05, 4.69) is 11.9 Å². The van der Waals surface area contributed by atoms with Crippen molar-refractivity contribution in [3.8, 4) is 11.5 Å². The van der Waals surface area contributed by atoms with Crippen molar-refractivity contribution in [1.82, 2.24) is 4.98 Å². The summed E-state index contributed by atoms with van der Waals surface area (Å²) in [4.78, 5) is 45.7. The fourth-order valence-electron chi connectivity index (χ4n) is 4.31. The third-order valence-electron chi connectivity index (χ3n) is 6.49. The van der Waals surface area contributed by atoms with E-state index in [9.17, 15) is 19.5 Å². The highest BCUT2D eigenvalue weighted by Gasteiger charge is 2.48. The molecule has 0 bridgehead atoms. The van der Waals surface area contributed by atoms with E-state index < -0.39 is 23.7 Å². The Labute approximate surface area is 243 Å². The molecule has 1 aromatic heterocycles. The molecule has 1 fully saturated rings. The van der Waals surface area contributed by atoms with Crippen LogP contribution in [0, 0.1) is 12.8 Å². The van der Waals surface area contributed by atoms with Crippen molar-refractivity contribution in [2.45, 2.75) is 46.6 Å². The second-order valence-corrected chi connectivity index (χ2v) is 11.0. The standard InChI is InChI=1S/C31H34N2O7S/c1-6-7-16-39-23-14-10-21(11-15-23)26(34)24-25(20-8-12-22(38-5)13-9-20)33(29(36)27(24)35)31-32-19(4)28(41-31)30(37)40-17-18(2)3/h8-15,18,25,34H,6-7,16-17H2,1-5H3. The molecule has 0 spiro atoms. The van der Waals surface area contributed by atoms with E-state index >= 15 is 0 Å². The average molecular weight is 579 g/mol. The number of esters is 1. The van der Waals surface area contributed by atoms with Gasteiger partial charge in [-0.05, 0) is 61.2 Å². The van der Waals surface area contributed by atoms with Crippen LogP contribution in [0.1, 0.15) is 66.1 Å². The first-order valence-corrected chi connectivity index (χ1v) is 14.3. The highest BCUT2D eigenvalue weighted by atomic mass is 32.1. The molecule has 0 radical (unpaired) electrons. The van der Waals surface area contributed by atoms with E-state index in [4.69, 9.17) is 14.2 Å². The van der Waals surface area contributed by atoms with E-state index in [1.165, 1.54) is 12.0 Å². The van der Waals surface area contributed by atoms with Crippen LogP contribution in [0.3, 0.4) is 0 Å². The Morgan fingerprint density at radius 2 is 1.73 bits per heavy atom. The number of thiazole rings is 1. The number of anilines is 1. The molecule has 2 aromatic carbocycles. The number of aryl methyl sites for hydroxylation is 1. The number of aliphatic hydroxyl groups is 1. The first-order chi connectivity index (χ1) is 19.7. The van der Waals surface area contributed by atoms with Gasteiger partial charge in [0.15, 0.2) is 5.13 Å². The van der Waals surface area contributed by atoms with E-state index in [0.29, 0.717) is 34.9 Å². The molecule has 1 aliphatic rings. The molecule has 1 atom stereocenters. The van der Waals surface area contributed by atoms with Gasteiger partial charge in [0.2, 0.25) is 0 Å². The lowest BCUT2D eigenvalue weighted by atomic mass is 9.95. The second-order valence-electron chi connectivity index (χ2n) is 10.1. The van der Waals surface area contributed by atoms with Gasteiger partial charge in [0.05, 0.1) is 37.6 Å². The monoisotopic (exact) mass is 578 g/mol. The number of ketones is 1. The maximum Gasteiger partial charge on any atom is 0.350 e. The van der Waals surface area contributed by atoms with Crippen LogP contribution in [0.2, 0.25) is 0 Å². The SMILES string of the molecule is CCCCOc1ccc(C(O)=C2C(=O)C(=O)N(c3nc(C)c(C(=O)OCC(C)C)s3)C2c2ccc(OC)cc2)cc1. The van der Waals surface area contributed by atoms with Crippen LogP contribution in [-0.4, -0.2) is 48.1 Å². The van der Waals surface area contributed by atoms with Crippen LogP contribution in [0.5, 0.6) is 11.5 Å². The number of methoxy groups -OCH3 is 1. The van der Waals surface area contributed by atoms with Crippen molar-refractivity contribution >= 4 is 39.9 Å². The second kappa shape index (κ2) is 13.0. The molecule has 216 valence electrons. The molecule has 10 heteroatoms. The zero-order valence-corrected chi connectivity index (χ0v) is 24.6. The molecule has 9 nitrogen and oxygen atoms in total. The molecule has 0 aliphatic carbocycles. The summed E-state index contributed by atoms with van der Waals surface area (Å²) in [5.74, 6) is -1.21. The number of carbonyl (C=O) groups is 3. The van der Waals surface area contributed by atoms with E-state index in [1.54, 1.807) is 55.5 Å². The largest absolute Gasteiger partial charge is 0.507 e. The molecule has 1 aliphatic heterocycles. The summed E-state index contributed by atoms with van der Waals surface area (Å²) >= 11 is 0.971.